The molecule has 72 valence electrons. The Morgan fingerprint density at radius 3 is 3.00 bits per heavy atom. The third kappa shape index (κ3) is 1.75. The van der Waals surface area contributed by atoms with E-state index < -0.39 is 0 Å². The molecule has 1 heterocycles. The van der Waals surface area contributed by atoms with Crippen LogP contribution < -0.4 is 5.32 Å². The van der Waals surface area contributed by atoms with E-state index in [1.807, 2.05) is 18.2 Å². The van der Waals surface area contributed by atoms with Crippen molar-refractivity contribution < 1.29 is 0 Å². The minimum atomic E-state index is 0.541. The van der Waals surface area contributed by atoms with E-state index >= 15 is 0 Å². The molecular weight excluding hydrogens is 196 g/mol. The standard InChI is InChI=1S/C11H11ClN2/c12-11-2-1-8(5-10(11)6-13)9-3-4-14-7-9/h1-2,5,9,14H,3-4,7H2/t9-/m1/s1. The number of hydrogen-bond acceptors (Lipinski definition) is 2. The molecule has 1 aromatic carbocycles. The van der Waals surface area contributed by atoms with Crippen LogP contribution in [-0.2, 0) is 0 Å². The Labute approximate surface area is 88.5 Å². The van der Waals surface area contributed by atoms with Crippen LogP contribution in [0.3, 0.4) is 0 Å². The van der Waals surface area contributed by atoms with Gasteiger partial charge in [-0.2, -0.15) is 5.26 Å². The maximum Gasteiger partial charge on any atom is 0.101 e. The SMILES string of the molecule is N#Cc1cc([C@@H]2CCNC2)ccc1Cl. The molecule has 0 amide bonds. The first-order valence-electron chi connectivity index (χ1n) is 4.71. The maximum atomic E-state index is 8.84. The molecule has 1 aliphatic heterocycles. The van der Waals surface area contributed by atoms with Crippen LogP contribution in [0.5, 0.6) is 0 Å². The molecule has 0 aromatic heterocycles. The fourth-order valence-electron chi connectivity index (χ4n) is 1.82. The molecule has 0 radical (unpaired) electrons. The average molecular weight is 207 g/mol. The highest BCUT2D eigenvalue weighted by Crippen LogP contribution is 2.25. The highest BCUT2D eigenvalue weighted by atomic mass is 35.5. The molecule has 0 spiro atoms. The van der Waals surface area contributed by atoms with Gasteiger partial charge in [0.15, 0.2) is 0 Å². The lowest BCUT2D eigenvalue weighted by Gasteiger charge is -2.09. The smallest absolute Gasteiger partial charge is 0.101 e. The van der Waals surface area contributed by atoms with Gasteiger partial charge in [0.05, 0.1) is 10.6 Å². The molecule has 2 rings (SSSR count). The molecule has 14 heavy (non-hydrogen) atoms. The van der Waals surface area contributed by atoms with E-state index in [0.717, 1.165) is 19.5 Å². The molecule has 1 atom stereocenters. The van der Waals surface area contributed by atoms with Gasteiger partial charge >= 0.3 is 0 Å². The van der Waals surface area contributed by atoms with Crippen LogP contribution in [0.15, 0.2) is 18.2 Å². The van der Waals surface area contributed by atoms with Gasteiger partial charge in [-0.1, -0.05) is 17.7 Å². The Balaban J connectivity index is 2.31. The molecule has 0 bridgehead atoms. The minimum Gasteiger partial charge on any atom is -0.316 e. The number of nitrogens with one attached hydrogen (secondary N) is 1. The Morgan fingerprint density at radius 1 is 1.50 bits per heavy atom. The van der Waals surface area contributed by atoms with Crippen molar-refractivity contribution in [2.45, 2.75) is 12.3 Å². The summed E-state index contributed by atoms with van der Waals surface area (Å²) in [6.45, 7) is 2.07. The van der Waals surface area contributed by atoms with Crippen molar-refractivity contribution in [3.8, 4) is 6.07 Å². The molecule has 0 aliphatic carbocycles. The summed E-state index contributed by atoms with van der Waals surface area (Å²) in [5.41, 5.74) is 1.80. The summed E-state index contributed by atoms with van der Waals surface area (Å²) in [5.74, 6) is 0.541. The van der Waals surface area contributed by atoms with Gasteiger partial charge in [-0.25, -0.2) is 0 Å². The lowest BCUT2D eigenvalue weighted by molar-refractivity contribution is 0.763. The zero-order chi connectivity index (χ0) is 9.97. The molecule has 1 saturated heterocycles. The zero-order valence-electron chi connectivity index (χ0n) is 7.76. The van der Waals surface area contributed by atoms with E-state index in [9.17, 15) is 0 Å². The van der Waals surface area contributed by atoms with Gasteiger partial charge in [0.2, 0.25) is 0 Å². The second-order valence-electron chi connectivity index (χ2n) is 3.54. The summed E-state index contributed by atoms with van der Waals surface area (Å²) >= 11 is 5.86. The number of benzene rings is 1. The van der Waals surface area contributed by atoms with E-state index in [1.54, 1.807) is 0 Å². The quantitative estimate of drug-likeness (QED) is 0.766. The first-order chi connectivity index (χ1) is 6.81. The largest absolute Gasteiger partial charge is 0.316 e. The van der Waals surface area contributed by atoms with Crippen LogP contribution in [0.4, 0.5) is 0 Å². The molecule has 2 nitrogen and oxygen atoms in total. The lowest BCUT2D eigenvalue weighted by atomic mass is 9.97. The summed E-state index contributed by atoms with van der Waals surface area (Å²) in [6.07, 6.45) is 1.15. The van der Waals surface area contributed by atoms with Crippen LogP contribution in [0.2, 0.25) is 5.02 Å². The molecule has 1 aliphatic rings. The van der Waals surface area contributed by atoms with Crippen molar-refractivity contribution >= 4 is 11.6 Å². The van der Waals surface area contributed by atoms with E-state index in [2.05, 4.69) is 11.4 Å². The van der Waals surface area contributed by atoms with Gasteiger partial charge < -0.3 is 5.32 Å². The molecular formula is C11H11ClN2. The van der Waals surface area contributed by atoms with Gasteiger partial charge in [-0.3, -0.25) is 0 Å². The van der Waals surface area contributed by atoms with E-state index in [1.165, 1.54) is 5.56 Å². The maximum absolute atomic E-state index is 8.84. The van der Waals surface area contributed by atoms with Crippen molar-refractivity contribution in [1.29, 1.82) is 5.26 Å². The van der Waals surface area contributed by atoms with Crippen molar-refractivity contribution in [2.24, 2.45) is 0 Å². The average Bonchev–Trinajstić information content (AvgIpc) is 2.71. The number of hydrogen-bond donors (Lipinski definition) is 1. The van der Waals surface area contributed by atoms with Gasteiger partial charge in [-0.05, 0) is 36.6 Å². The number of rotatable bonds is 1. The van der Waals surface area contributed by atoms with Crippen LogP contribution in [0, 0.1) is 11.3 Å². The predicted molar refractivity (Wildman–Crippen MR) is 56.4 cm³/mol. The molecule has 0 saturated carbocycles. The molecule has 1 fully saturated rings. The van der Waals surface area contributed by atoms with Crippen LogP contribution in [-0.4, -0.2) is 13.1 Å². The fourth-order valence-corrected chi connectivity index (χ4v) is 1.98. The highest BCUT2D eigenvalue weighted by molar-refractivity contribution is 6.31. The van der Waals surface area contributed by atoms with Gasteiger partial charge in [0.1, 0.15) is 6.07 Å². The topological polar surface area (TPSA) is 35.8 Å². The second kappa shape index (κ2) is 4.00. The normalized spacial score (nSPS) is 20.7. The summed E-state index contributed by atoms with van der Waals surface area (Å²) < 4.78 is 0. The molecule has 1 N–H and O–H groups in total. The first kappa shape index (κ1) is 9.51. The highest BCUT2D eigenvalue weighted by Gasteiger charge is 2.17. The van der Waals surface area contributed by atoms with Crippen molar-refractivity contribution in [3.63, 3.8) is 0 Å². The second-order valence-corrected chi connectivity index (χ2v) is 3.95. The molecule has 3 heteroatoms. The summed E-state index contributed by atoms with van der Waals surface area (Å²) in [5, 5.41) is 12.7. The van der Waals surface area contributed by atoms with Crippen molar-refractivity contribution in [2.75, 3.05) is 13.1 Å². The summed E-state index contributed by atoms with van der Waals surface area (Å²) in [4.78, 5) is 0. The third-order valence-corrected chi connectivity index (χ3v) is 2.97. The Morgan fingerprint density at radius 2 is 2.36 bits per heavy atom. The van der Waals surface area contributed by atoms with E-state index in [-0.39, 0.29) is 0 Å². The lowest BCUT2D eigenvalue weighted by Crippen LogP contribution is -2.08. The van der Waals surface area contributed by atoms with Gasteiger partial charge in [0.25, 0.3) is 0 Å². The van der Waals surface area contributed by atoms with Gasteiger partial charge in [-0.15, -0.1) is 0 Å². The van der Waals surface area contributed by atoms with Crippen molar-refractivity contribution in [1.82, 2.24) is 5.32 Å². The number of nitrogens with zero attached hydrogens (tertiary/aromatic N) is 1. The monoisotopic (exact) mass is 206 g/mol. The van der Waals surface area contributed by atoms with Crippen LogP contribution in [0.25, 0.3) is 0 Å². The molecule has 0 unspecified atom stereocenters. The van der Waals surface area contributed by atoms with Gasteiger partial charge in [0, 0.05) is 6.54 Å². The van der Waals surface area contributed by atoms with Crippen molar-refractivity contribution in [3.05, 3.63) is 34.3 Å². The fraction of sp³-hybridized carbons (Fsp3) is 0.364. The summed E-state index contributed by atoms with van der Waals surface area (Å²) in [6, 6.07) is 7.84. The number of nitriles is 1. The van der Waals surface area contributed by atoms with Crippen LogP contribution >= 0.6 is 11.6 Å². The van der Waals surface area contributed by atoms with Crippen LogP contribution in [0.1, 0.15) is 23.5 Å². The first-order valence-corrected chi connectivity index (χ1v) is 5.09. The number of halogens is 1. The Bertz CT molecular complexity index is 375. The Kier molecular flexibility index (Phi) is 2.72. The Hall–Kier alpha value is -1.04. The molecule has 1 aromatic rings. The summed E-state index contributed by atoms with van der Waals surface area (Å²) in [7, 11) is 0. The predicted octanol–water partition coefficient (Wildman–Crippen LogP) is 2.29. The third-order valence-electron chi connectivity index (χ3n) is 2.64. The zero-order valence-corrected chi connectivity index (χ0v) is 8.51. The van der Waals surface area contributed by atoms with E-state index in [0.29, 0.717) is 16.5 Å². The van der Waals surface area contributed by atoms with E-state index in [4.69, 9.17) is 16.9 Å². The minimum absolute atomic E-state index is 0.541.